The number of carbonyl (C=O) groups excluding carboxylic acids is 1. The molecule has 3 rings (SSSR count). The zero-order chi connectivity index (χ0) is 15.6. The van der Waals surface area contributed by atoms with Crippen molar-refractivity contribution in [1.82, 2.24) is 5.32 Å². The van der Waals surface area contributed by atoms with E-state index in [-0.39, 0.29) is 5.91 Å². The molecule has 4 nitrogen and oxygen atoms in total. The molecule has 116 valence electrons. The fourth-order valence-electron chi connectivity index (χ4n) is 3.04. The molecule has 1 amide bonds. The third-order valence-corrected chi connectivity index (χ3v) is 4.42. The number of hydrogen-bond donors (Lipinski definition) is 2. The van der Waals surface area contributed by atoms with Gasteiger partial charge in [-0.25, -0.2) is 0 Å². The molecule has 2 aromatic carbocycles. The van der Waals surface area contributed by atoms with Crippen LogP contribution in [0.3, 0.4) is 0 Å². The van der Waals surface area contributed by atoms with Crippen LogP contribution in [0, 0.1) is 0 Å². The highest BCUT2D eigenvalue weighted by atomic mass is 16.5. The number of aliphatic hydroxyl groups is 1. The Morgan fingerprint density at radius 2 is 1.86 bits per heavy atom. The quantitative estimate of drug-likeness (QED) is 0.912. The fourth-order valence-corrected chi connectivity index (χ4v) is 3.04. The largest absolute Gasteiger partial charge is 0.497 e. The highest BCUT2D eigenvalue weighted by Crippen LogP contribution is 2.29. The second kappa shape index (κ2) is 5.97. The summed E-state index contributed by atoms with van der Waals surface area (Å²) < 4.78 is 5.21. The molecule has 0 bridgehead atoms. The summed E-state index contributed by atoms with van der Waals surface area (Å²) in [5.41, 5.74) is -0.142. The van der Waals surface area contributed by atoms with Crippen LogP contribution in [0.25, 0.3) is 10.8 Å². The Kier molecular flexibility index (Phi) is 4.03. The Labute approximate surface area is 130 Å². The standard InChI is InChI=1S/C18H21NO3/c1-22-16-7-6-14-10-13(4-5-15(14)11-16)12-19-17(20)18(21)8-2-3-9-18/h4-7,10-11,21H,2-3,8-9,12H2,1H3,(H,19,20). The van der Waals surface area contributed by atoms with Crippen molar-refractivity contribution in [3.63, 3.8) is 0 Å². The average Bonchev–Trinajstić information content (AvgIpc) is 3.00. The van der Waals surface area contributed by atoms with Crippen LogP contribution in [0.2, 0.25) is 0 Å². The lowest BCUT2D eigenvalue weighted by atomic mass is 10.0. The highest BCUT2D eigenvalue weighted by molar-refractivity contribution is 5.86. The first-order valence-corrected chi connectivity index (χ1v) is 7.68. The minimum absolute atomic E-state index is 0.250. The molecule has 0 heterocycles. The van der Waals surface area contributed by atoms with E-state index in [9.17, 15) is 9.90 Å². The number of carbonyl (C=O) groups is 1. The number of methoxy groups -OCH3 is 1. The molecule has 0 aromatic heterocycles. The van der Waals surface area contributed by atoms with Crippen LogP contribution in [-0.2, 0) is 11.3 Å². The summed E-state index contributed by atoms with van der Waals surface area (Å²) in [7, 11) is 1.65. The molecular weight excluding hydrogens is 278 g/mol. The van der Waals surface area contributed by atoms with Crippen molar-refractivity contribution in [3.8, 4) is 5.75 Å². The van der Waals surface area contributed by atoms with Gasteiger partial charge in [-0.05, 0) is 60.2 Å². The van der Waals surface area contributed by atoms with Crippen LogP contribution in [0.1, 0.15) is 31.2 Å². The molecule has 1 aliphatic rings. The van der Waals surface area contributed by atoms with Gasteiger partial charge in [0.25, 0.3) is 5.91 Å². The van der Waals surface area contributed by atoms with Gasteiger partial charge in [0.05, 0.1) is 7.11 Å². The zero-order valence-corrected chi connectivity index (χ0v) is 12.8. The second-order valence-corrected chi connectivity index (χ2v) is 5.97. The van der Waals surface area contributed by atoms with E-state index in [1.54, 1.807) is 7.11 Å². The van der Waals surface area contributed by atoms with Crippen LogP contribution in [-0.4, -0.2) is 23.7 Å². The molecule has 1 fully saturated rings. The van der Waals surface area contributed by atoms with Crippen molar-refractivity contribution in [2.24, 2.45) is 0 Å². The lowest BCUT2D eigenvalue weighted by Gasteiger charge is -2.21. The summed E-state index contributed by atoms with van der Waals surface area (Å²) in [4.78, 5) is 12.1. The normalized spacial score (nSPS) is 16.6. The maximum atomic E-state index is 12.1. The van der Waals surface area contributed by atoms with Crippen molar-refractivity contribution >= 4 is 16.7 Å². The van der Waals surface area contributed by atoms with Crippen molar-refractivity contribution in [2.75, 3.05) is 7.11 Å². The number of nitrogens with one attached hydrogen (secondary N) is 1. The van der Waals surface area contributed by atoms with Gasteiger partial charge in [0.1, 0.15) is 11.4 Å². The van der Waals surface area contributed by atoms with Gasteiger partial charge >= 0.3 is 0 Å². The van der Waals surface area contributed by atoms with Crippen LogP contribution in [0.5, 0.6) is 5.75 Å². The van der Waals surface area contributed by atoms with Gasteiger partial charge in [-0.2, -0.15) is 0 Å². The van der Waals surface area contributed by atoms with Crippen LogP contribution < -0.4 is 10.1 Å². The Hall–Kier alpha value is -2.07. The molecule has 1 saturated carbocycles. The SMILES string of the molecule is COc1ccc2cc(CNC(=O)C3(O)CCCC3)ccc2c1. The maximum Gasteiger partial charge on any atom is 0.252 e. The molecule has 4 heteroatoms. The summed E-state index contributed by atoms with van der Waals surface area (Å²) in [6, 6.07) is 12.0. The van der Waals surface area contributed by atoms with Gasteiger partial charge in [0.2, 0.25) is 0 Å². The van der Waals surface area contributed by atoms with Gasteiger partial charge in [0.15, 0.2) is 0 Å². The minimum Gasteiger partial charge on any atom is -0.497 e. The number of hydrogen-bond acceptors (Lipinski definition) is 3. The zero-order valence-electron chi connectivity index (χ0n) is 12.8. The van der Waals surface area contributed by atoms with Crippen LogP contribution in [0.15, 0.2) is 36.4 Å². The number of fused-ring (bicyclic) bond motifs is 1. The number of rotatable bonds is 4. The summed E-state index contributed by atoms with van der Waals surface area (Å²) in [5, 5.41) is 15.3. The second-order valence-electron chi connectivity index (χ2n) is 5.97. The summed E-state index contributed by atoms with van der Waals surface area (Å²) in [6.07, 6.45) is 2.97. The molecule has 0 spiro atoms. The van der Waals surface area contributed by atoms with Gasteiger partial charge in [-0.3, -0.25) is 4.79 Å². The van der Waals surface area contributed by atoms with Crippen molar-refractivity contribution < 1.29 is 14.6 Å². The summed E-state index contributed by atoms with van der Waals surface area (Å²) in [5.74, 6) is 0.580. The molecular formula is C18H21NO3. The average molecular weight is 299 g/mol. The first-order chi connectivity index (χ1) is 10.6. The lowest BCUT2D eigenvalue weighted by molar-refractivity contribution is -0.139. The fraction of sp³-hybridized carbons (Fsp3) is 0.389. The molecule has 22 heavy (non-hydrogen) atoms. The predicted molar refractivity (Wildman–Crippen MR) is 85.8 cm³/mol. The number of benzene rings is 2. The Bertz CT molecular complexity index is 690. The molecule has 0 atom stereocenters. The molecule has 1 aliphatic carbocycles. The van der Waals surface area contributed by atoms with Crippen molar-refractivity contribution in [1.29, 1.82) is 0 Å². The van der Waals surface area contributed by atoms with E-state index in [0.29, 0.717) is 19.4 Å². The van der Waals surface area contributed by atoms with Gasteiger partial charge in [-0.15, -0.1) is 0 Å². The molecule has 2 aromatic rings. The highest BCUT2D eigenvalue weighted by Gasteiger charge is 2.38. The van der Waals surface area contributed by atoms with E-state index in [1.165, 1.54) is 0 Å². The molecule has 0 saturated heterocycles. The first kappa shape index (κ1) is 14.9. The lowest BCUT2D eigenvalue weighted by Crippen LogP contribution is -2.44. The van der Waals surface area contributed by atoms with E-state index in [4.69, 9.17) is 4.74 Å². The van der Waals surface area contributed by atoms with Gasteiger partial charge < -0.3 is 15.2 Å². The van der Waals surface area contributed by atoms with Crippen molar-refractivity contribution in [2.45, 2.75) is 37.8 Å². The summed E-state index contributed by atoms with van der Waals surface area (Å²) in [6.45, 7) is 0.434. The van der Waals surface area contributed by atoms with Gasteiger partial charge in [-0.1, -0.05) is 18.2 Å². The van der Waals surface area contributed by atoms with E-state index < -0.39 is 5.60 Å². The minimum atomic E-state index is -1.16. The van der Waals surface area contributed by atoms with Crippen molar-refractivity contribution in [3.05, 3.63) is 42.0 Å². The first-order valence-electron chi connectivity index (χ1n) is 7.68. The number of amides is 1. The van der Waals surface area contributed by atoms with Crippen LogP contribution in [0.4, 0.5) is 0 Å². The Morgan fingerprint density at radius 1 is 1.18 bits per heavy atom. The third-order valence-electron chi connectivity index (χ3n) is 4.42. The van der Waals surface area contributed by atoms with E-state index in [0.717, 1.165) is 34.9 Å². The van der Waals surface area contributed by atoms with E-state index in [1.807, 2.05) is 36.4 Å². The molecule has 0 aliphatic heterocycles. The van der Waals surface area contributed by atoms with Crippen LogP contribution >= 0.6 is 0 Å². The Balaban J connectivity index is 1.70. The maximum absolute atomic E-state index is 12.1. The van der Waals surface area contributed by atoms with Gasteiger partial charge in [0, 0.05) is 6.54 Å². The number of ether oxygens (including phenoxy) is 1. The summed E-state index contributed by atoms with van der Waals surface area (Å²) >= 11 is 0. The van der Waals surface area contributed by atoms with E-state index in [2.05, 4.69) is 5.32 Å². The smallest absolute Gasteiger partial charge is 0.252 e. The van der Waals surface area contributed by atoms with E-state index >= 15 is 0 Å². The monoisotopic (exact) mass is 299 g/mol. The third kappa shape index (κ3) is 2.92. The molecule has 2 N–H and O–H groups in total. The Morgan fingerprint density at radius 3 is 2.59 bits per heavy atom. The molecule has 0 unspecified atom stereocenters. The topological polar surface area (TPSA) is 58.6 Å². The predicted octanol–water partition coefficient (Wildman–Crippen LogP) is 2.77. The molecule has 0 radical (unpaired) electrons.